The van der Waals surface area contributed by atoms with E-state index in [-0.39, 0.29) is 5.41 Å². The zero-order valence-electron chi connectivity index (χ0n) is 69.3. The van der Waals surface area contributed by atoms with Gasteiger partial charge in [0.2, 0.25) is 11.9 Å². The van der Waals surface area contributed by atoms with Crippen LogP contribution in [0, 0.1) is 0 Å². The second-order valence-corrected chi connectivity index (χ2v) is 33.6. The topological polar surface area (TPSA) is 118 Å². The molecule has 0 unspecified atom stereocenters. The first-order valence-electron chi connectivity index (χ1n) is 42.8. The standard InChI is InChI=1S/C45H28N4S.C37H27N3.C33H22N4/c1-3-13-29(14-4-1)43-46-44(30-15-5-2-6-16-30)48-45(47-43)49-39-23-9-7-19-35(39)36-26-25-32(28-40(36)49)31-17-11-18-33(27-31)34-21-12-22-38-37-20-8-10-24-41(37)50-42(34)38;1-37(2)30-19-11-9-17-26(30)28-21-29-27-18-10-12-20-34(27)40(35(29)22-31(28)37)36-38-32(24-13-5-3-6-14-24)23-33(39-36)25-15-7-4-8-16-25;1-3-11-23(12-4-1)31-34-32(24-13-5-2-6-14-24)36-33(35-31)25-19-21-26(22-20-25)37-29-17-9-7-15-27(29)28-16-8-10-18-30(28)37/h1-28H;3-23H,1-2H3;1-22H. The van der Waals surface area contributed by atoms with Crippen molar-refractivity contribution in [2.45, 2.75) is 19.3 Å². The van der Waals surface area contributed by atoms with E-state index in [1.165, 1.54) is 86.1 Å². The highest BCUT2D eigenvalue weighted by Gasteiger charge is 2.37. The van der Waals surface area contributed by atoms with Crippen LogP contribution in [0.2, 0.25) is 0 Å². The van der Waals surface area contributed by atoms with Crippen molar-refractivity contribution in [1.82, 2.24) is 53.6 Å². The third kappa shape index (κ3) is 13.6. The van der Waals surface area contributed by atoms with Gasteiger partial charge in [0.25, 0.3) is 0 Å². The number of benzene rings is 17. The van der Waals surface area contributed by atoms with Crippen molar-refractivity contribution in [3.63, 3.8) is 0 Å². The Morgan fingerprint density at radius 2 is 0.559 bits per heavy atom. The lowest BCUT2D eigenvalue weighted by Crippen LogP contribution is -2.15. The first-order chi connectivity index (χ1) is 62.7. The second-order valence-electron chi connectivity index (χ2n) is 32.5. The molecular formula is C115H77N11S. The van der Waals surface area contributed by atoms with Gasteiger partial charge in [-0.25, -0.2) is 29.9 Å². The first kappa shape index (κ1) is 75.4. The Balaban J connectivity index is 0.000000111. The van der Waals surface area contributed by atoms with Gasteiger partial charge in [-0.1, -0.05) is 360 Å². The van der Waals surface area contributed by atoms with Gasteiger partial charge in [-0.05, 0) is 129 Å². The van der Waals surface area contributed by atoms with Crippen molar-refractivity contribution in [2.24, 2.45) is 0 Å². The highest BCUT2D eigenvalue weighted by atomic mass is 32.1. The van der Waals surface area contributed by atoms with Crippen LogP contribution >= 0.6 is 11.3 Å². The van der Waals surface area contributed by atoms with E-state index in [1.807, 2.05) is 145 Å². The number of nitrogens with zero attached hydrogens (tertiary/aromatic N) is 11. The number of aromatic nitrogens is 11. The smallest absolute Gasteiger partial charge is 0.238 e. The summed E-state index contributed by atoms with van der Waals surface area (Å²) in [5.74, 6) is 4.53. The molecule has 0 N–H and O–H groups in total. The molecule has 0 saturated carbocycles. The fourth-order valence-corrected chi connectivity index (χ4v) is 19.7. The van der Waals surface area contributed by atoms with Crippen molar-refractivity contribution in [3.05, 3.63) is 442 Å². The molecular weight excluding hydrogens is 1570 g/mol. The summed E-state index contributed by atoms with van der Waals surface area (Å²) >= 11 is 1.87. The molecule has 0 saturated heterocycles. The zero-order valence-corrected chi connectivity index (χ0v) is 70.1. The maximum Gasteiger partial charge on any atom is 0.238 e. The Labute approximate surface area is 736 Å². The van der Waals surface area contributed by atoms with Gasteiger partial charge in [0, 0.05) is 103 Å². The molecule has 25 rings (SSSR count). The molecule has 0 amide bonds. The van der Waals surface area contributed by atoms with Gasteiger partial charge in [0.15, 0.2) is 29.1 Å². The molecule has 0 aliphatic heterocycles. The van der Waals surface area contributed by atoms with Gasteiger partial charge in [-0.3, -0.25) is 9.13 Å². The summed E-state index contributed by atoms with van der Waals surface area (Å²) in [6, 6.07) is 150. The minimum atomic E-state index is -0.0939. The van der Waals surface area contributed by atoms with Gasteiger partial charge >= 0.3 is 0 Å². The Hall–Kier alpha value is -16.5. The van der Waals surface area contributed by atoms with E-state index in [2.05, 4.69) is 325 Å². The van der Waals surface area contributed by atoms with Crippen LogP contribution in [0.25, 0.3) is 216 Å². The lowest BCUT2D eigenvalue weighted by atomic mass is 9.82. The van der Waals surface area contributed by atoms with Crippen LogP contribution in [-0.2, 0) is 5.41 Å². The fraction of sp³-hybridized carbons (Fsp3) is 0.0261. The number of rotatable bonds is 12. The first-order valence-corrected chi connectivity index (χ1v) is 43.6. The monoisotopic (exact) mass is 1640 g/mol. The molecule has 7 heterocycles. The zero-order chi connectivity index (χ0) is 84.5. The van der Waals surface area contributed by atoms with Crippen LogP contribution < -0.4 is 0 Å². The summed E-state index contributed by atoms with van der Waals surface area (Å²) < 4.78 is 9.39. The SMILES string of the molecule is CC1(C)c2ccccc2-c2cc3c4ccccc4n(-c4nc(-c5ccccc5)cc(-c5ccccc5)n4)c3cc21.c1ccc(-c2nc(-c3ccccc3)nc(-c3ccc(-n4c5ccccc5c5ccccc54)cc3)n2)cc1.c1ccc(-c2nc(-c3ccccc3)nc(-n3c4ccccc4c4ccc(-c5cccc(-c6cccc7c6sc6ccccc67)c5)cc43)n2)cc1. The molecule has 0 bridgehead atoms. The molecule has 11 nitrogen and oxygen atoms in total. The molecule has 0 spiro atoms. The summed E-state index contributed by atoms with van der Waals surface area (Å²) in [5.41, 5.74) is 26.6. The Kier molecular flexibility index (Phi) is 18.8. The van der Waals surface area contributed by atoms with Crippen LogP contribution in [0.3, 0.4) is 0 Å². The normalized spacial score (nSPS) is 12.1. The van der Waals surface area contributed by atoms with Gasteiger partial charge in [-0.15, -0.1) is 11.3 Å². The van der Waals surface area contributed by atoms with E-state index in [0.717, 1.165) is 100.0 Å². The number of thiophene rings is 1. The minimum absolute atomic E-state index is 0.0939. The molecule has 24 aromatic rings. The maximum atomic E-state index is 5.19. The summed E-state index contributed by atoms with van der Waals surface area (Å²) in [4.78, 5) is 40.1. The number of hydrogen-bond donors (Lipinski definition) is 0. The predicted molar refractivity (Wildman–Crippen MR) is 524 cm³/mol. The van der Waals surface area contributed by atoms with Crippen molar-refractivity contribution < 1.29 is 0 Å². The van der Waals surface area contributed by atoms with E-state index < -0.39 is 0 Å². The molecule has 12 heteroatoms. The maximum absolute atomic E-state index is 5.19. The van der Waals surface area contributed by atoms with Gasteiger partial charge < -0.3 is 4.57 Å². The Morgan fingerprint density at radius 1 is 0.205 bits per heavy atom. The molecule has 0 atom stereocenters. The Morgan fingerprint density at radius 3 is 1.08 bits per heavy atom. The minimum Gasteiger partial charge on any atom is -0.309 e. The van der Waals surface area contributed by atoms with Gasteiger partial charge in [-0.2, -0.15) is 9.97 Å². The largest absolute Gasteiger partial charge is 0.309 e. The van der Waals surface area contributed by atoms with Crippen LogP contribution in [0.4, 0.5) is 0 Å². The van der Waals surface area contributed by atoms with Crippen LogP contribution in [0.15, 0.2) is 431 Å². The van der Waals surface area contributed by atoms with E-state index in [4.69, 9.17) is 39.9 Å². The molecule has 127 heavy (non-hydrogen) atoms. The lowest BCUT2D eigenvalue weighted by molar-refractivity contribution is 0.661. The van der Waals surface area contributed by atoms with Gasteiger partial charge in [0.1, 0.15) is 0 Å². The summed E-state index contributed by atoms with van der Waals surface area (Å²) in [6.07, 6.45) is 0. The van der Waals surface area contributed by atoms with Crippen LogP contribution in [0.1, 0.15) is 25.0 Å². The highest BCUT2D eigenvalue weighted by Crippen LogP contribution is 2.52. The molecule has 1 aliphatic carbocycles. The predicted octanol–water partition coefficient (Wildman–Crippen LogP) is 29.2. The lowest BCUT2D eigenvalue weighted by Gasteiger charge is -2.21. The third-order valence-electron chi connectivity index (χ3n) is 24.6. The summed E-state index contributed by atoms with van der Waals surface area (Å²) in [7, 11) is 0. The van der Waals surface area contributed by atoms with Crippen molar-refractivity contribution in [2.75, 3.05) is 0 Å². The van der Waals surface area contributed by atoms with Gasteiger partial charge in [0.05, 0.1) is 44.5 Å². The molecule has 0 radical (unpaired) electrons. The molecule has 0 fully saturated rings. The average Bonchev–Trinajstić information content (AvgIpc) is 1.55. The summed E-state index contributed by atoms with van der Waals surface area (Å²) in [6.45, 7) is 4.66. The van der Waals surface area contributed by atoms with E-state index in [9.17, 15) is 0 Å². The van der Waals surface area contributed by atoms with E-state index in [1.54, 1.807) is 0 Å². The number of hydrogen-bond acceptors (Lipinski definition) is 9. The molecule has 17 aromatic carbocycles. The number of para-hydroxylation sites is 4. The van der Waals surface area contributed by atoms with Crippen molar-refractivity contribution in [1.29, 1.82) is 0 Å². The third-order valence-corrected chi connectivity index (χ3v) is 25.8. The van der Waals surface area contributed by atoms with Crippen molar-refractivity contribution >= 4 is 96.9 Å². The van der Waals surface area contributed by atoms with Crippen LogP contribution in [-0.4, -0.2) is 53.6 Å². The average molecular weight is 1650 g/mol. The quantitative estimate of drug-likeness (QED) is 0.119. The molecule has 1 aliphatic rings. The summed E-state index contributed by atoms with van der Waals surface area (Å²) in [5, 5.41) is 9.85. The van der Waals surface area contributed by atoms with Crippen LogP contribution in [0.5, 0.6) is 0 Å². The van der Waals surface area contributed by atoms with E-state index in [0.29, 0.717) is 41.0 Å². The van der Waals surface area contributed by atoms with Crippen molar-refractivity contribution in [3.8, 4) is 130 Å². The number of fused-ring (bicyclic) bond motifs is 15. The highest BCUT2D eigenvalue weighted by molar-refractivity contribution is 7.26. The molecule has 598 valence electrons. The molecule has 7 aromatic heterocycles. The second kappa shape index (κ2) is 31.7. The van der Waals surface area contributed by atoms with E-state index >= 15 is 0 Å². The fourth-order valence-electron chi connectivity index (χ4n) is 18.4. The Bertz CT molecular complexity index is 8110.